The first-order chi connectivity index (χ1) is 23.7. The molecule has 0 bridgehead atoms. The van der Waals surface area contributed by atoms with Crippen molar-refractivity contribution in [2.45, 2.75) is 231 Å². The molecule has 0 rings (SSSR count). The lowest BCUT2D eigenvalue weighted by Crippen LogP contribution is -2.45. The molecule has 0 saturated carbocycles. The molecule has 282 valence electrons. The normalized spacial score (nSPS) is 13.3. The van der Waals surface area contributed by atoms with Crippen LogP contribution in [0.2, 0.25) is 0 Å². The van der Waals surface area contributed by atoms with Gasteiger partial charge in [-0.25, -0.2) is 0 Å². The highest BCUT2D eigenvalue weighted by molar-refractivity contribution is 5.76. The molecular weight excluding hydrogens is 590 g/mol. The molecule has 0 spiro atoms. The summed E-state index contributed by atoms with van der Waals surface area (Å²) >= 11 is 0. The summed E-state index contributed by atoms with van der Waals surface area (Å²) in [6.07, 6.45) is 52.8. The van der Waals surface area contributed by atoms with Gasteiger partial charge in [0.2, 0.25) is 5.91 Å². The first-order valence-corrected chi connectivity index (χ1v) is 21.2. The highest BCUT2D eigenvalue weighted by atomic mass is 16.3. The Morgan fingerprint density at radius 2 is 0.812 bits per heavy atom. The molecule has 0 radical (unpaired) electrons. The van der Waals surface area contributed by atoms with Gasteiger partial charge < -0.3 is 15.5 Å². The van der Waals surface area contributed by atoms with E-state index in [1.807, 2.05) is 6.08 Å². The minimum atomic E-state index is -0.865. The predicted molar refractivity (Wildman–Crippen MR) is 212 cm³/mol. The van der Waals surface area contributed by atoms with Crippen LogP contribution in [0.25, 0.3) is 0 Å². The van der Waals surface area contributed by atoms with Crippen molar-refractivity contribution >= 4 is 5.91 Å². The van der Waals surface area contributed by atoms with Crippen molar-refractivity contribution in [2.24, 2.45) is 0 Å². The molecule has 3 N–H and O–H groups in total. The maximum absolute atomic E-state index is 12.2. The zero-order valence-electron chi connectivity index (χ0n) is 32.3. The number of allylic oxidation sites excluding steroid dienone is 5. The monoisotopic (exact) mass is 674 g/mol. The van der Waals surface area contributed by atoms with Gasteiger partial charge >= 0.3 is 0 Å². The lowest BCUT2D eigenvalue weighted by Gasteiger charge is -2.19. The molecule has 0 aliphatic rings. The van der Waals surface area contributed by atoms with Gasteiger partial charge in [0.1, 0.15) is 0 Å². The van der Waals surface area contributed by atoms with E-state index in [4.69, 9.17) is 0 Å². The van der Waals surface area contributed by atoms with E-state index >= 15 is 0 Å². The SMILES string of the molecule is CCCCCCCCCCCCCCCCCCCCC/C=C/CC/C=C/CC/C=C/C(O)C(CO)NC(=O)CCCCCCCCC. The van der Waals surface area contributed by atoms with Crippen LogP contribution in [0, 0.1) is 0 Å². The number of carbonyl (C=O) groups excluding carboxylic acids is 1. The number of aliphatic hydroxyl groups is 2. The Kier molecular flexibility index (Phi) is 38.9. The third-order valence-electron chi connectivity index (χ3n) is 9.60. The molecule has 0 aliphatic carbocycles. The molecule has 0 aromatic rings. The maximum atomic E-state index is 12.2. The van der Waals surface area contributed by atoms with Crippen molar-refractivity contribution < 1.29 is 15.0 Å². The fourth-order valence-electron chi connectivity index (χ4n) is 6.33. The molecule has 0 fully saturated rings. The largest absolute Gasteiger partial charge is 0.394 e. The van der Waals surface area contributed by atoms with E-state index in [9.17, 15) is 15.0 Å². The highest BCUT2D eigenvalue weighted by Crippen LogP contribution is 2.15. The predicted octanol–water partition coefficient (Wildman–Crippen LogP) is 13.0. The number of aliphatic hydroxyl groups excluding tert-OH is 2. The summed E-state index contributed by atoms with van der Waals surface area (Å²) in [5.74, 6) is -0.0855. The standard InChI is InChI=1S/C44H83NO3/c1-3-5-7-9-11-12-13-14-15-16-17-18-19-20-21-22-23-24-25-26-27-28-29-30-31-32-34-35-37-39-43(47)42(41-46)45-44(48)40-38-36-33-10-8-6-4-2/h27-28,31-32,37,39,42-43,46-47H,3-26,29-30,33-36,38,40-41H2,1-2H3,(H,45,48)/b28-27+,32-31+,39-37+. The van der Waals surface area contributed by atoms with E-state index in [1.165, 1.54) is 161 Å². The van der Waals surface area contributed by atoms with Crippen molar-refractivity contribution in [3.05, 3.63) is 36.5 Å². The Morgan fingerprint density at radius 1 is 0.479 bits per heavy atom. The van der Waals surface area contributed by atoms with Crippen LogP contribution < -0.4 is 5.32 Å². The Morgan fingerprint density at radius 3 is 1.21 bits per heavy atom. The van der Waals surface area contributed by atoms with E-state index in [0.717, 1.165) is 38.5 Å². The smallest absolute Gasteiger partial charge is 0.220 e. The number of nitrogens with one attached hydrogen (secondary N) is 1. The second-order valence-corrected chi connectivity index (χ2v) is 14.4. The van der Waals surface area contributed by atoms with Crippen molar-refractivity contribution in [1.29, 1.82) is 0 Å². The fourth-order valence-corrected chi connectivity index (χ4v) is 6.33. The molecule has 2 unspecified atom stereocenters. The summed E-state index contributed by atoms with van der Waals surface area (Å²) < 4.78 is 0. The minimum Gasteiger partial charge on any atom is -0.394 e. The molecule has 4 nitrogen and oxygen atoms in total. The van der Waals surface area contributed by atoms with E-state index in [0.29, 0.717) is 6.42 Å². The van der Waals surface area contributed by atoms with E-state index < -0.39 is 12.1 Å². The van der Waals surface area contributed by atoms with Gasteiger partial charge in [-0.05, 0) is 44.9 Å². The number of amides is 1. The second kappa shape index (κ2) is 40.0. The lowest BCUT2D eigenvalue weighted by molar-refractivity contribution is -0.123. The van der Waals surface area contributed by atoms with Crippen LogP contribution in [0.15, 0.2) is 36.5 Å². The first-order valence-electron chi connectivity index (χ1n) is 21.2. The van der Waals surface area contributed by atoms with Gasteiger partial charge in [0.05, 0.1) is 18.8 Å². The van der Waals surface area contributed by atoms with Gasteiger partial charge in [0.15, 0.2) is 0 Å². The van der Waals surface area contributed by atoms with Crippen LogP contribution in [0.5, 0.6) is 0 Å². The Hall–Kier alpha value is -1.39. The fraction of sp³-hybridized carbons (Fsp3) is 0.841. The van der Waals surface area contributed by atoms with E-state index in [2.05, 4.69) is 43.5 Å². The van der Waals surface area contributed by atoms with Crippen LogP contribution in [0.1, 0.15) is 219 Å². The van der Waals surface area contributed by atoms with Crippen LogP contribution in [-0.4, -0.2) is 34.9 Å². The molecule has 1 amide bonds. The average molecular weight is 674 g/mol. The number of carbonyl (C=O) groups is 1. The molecule has 0 heterocycles. The molecule has 0 saturated heterocycles. The highest BCUT2D eigenvalue weighted by Gasteiger charge is 2.17. The number of rotatable bonds is 38. The molecule has 4 heteroatoms. The summed E-state index contributed by atoms with van der Waals surface area (Å²) in [7, 11) is 0. The summed E-state index contributed by atoms with van der Waals surface area (Å²) in [5, 5.41) is 22.8. The van der Waals surface area contributed by atoms with Crippen LogP contribution in [-0.2, 0) is 4.79 Å². The van der Waals surface area contributed by atoms with Crippen LogP contribution >= 0.6 is 0 Å². The van der Waals surface area contributed by atoms with Gasteiger partial charge in [0.25, 0.3) is 0 Å². The third-order valence-corrected chi connectivity index (χ3v) is 9.60. The summed E-state index contributed by atoms with van der Waals surface area (Å²) in [5.41, 5.74) is 0. The Balaban J connectivity index is 3.52. The van der Waals surface area contributed by atoms with Crippen molar-refractivity contribution in [2.75, 3.05) is 6.61 Å². The van der Waals surface area contributed by atoms with E-state index in [1.54, 1.807) is 6.08 Å². The van der Waals surface area contributed by atoms with E-state index in [-0.39, 0.29) is 12.5 Å². The van der Waals surface area contributed by atoms with Gasteiger partial charge in [-0.3, -0.25) is 4.79 Å². The minimum absolute atomic E-state index is 0.0855. The molecule has 48 heavy (non-hydrogen) atoms. The lowest BCUT2D eigenvalue weighted by atomic mass is 10.0. The van der Waals surface area contributed by atoms with Crippen molar-refractivity contribution in [1.82, 2.24) is 5.32 Å². The van der Waals surface area contributed by atoms with Gasteiger partial charge in [0, 0.05) is 6.42 Å². The molecular formula is C44H83NO3. The van der Waals surface area contributed by atoms with Gasteiger partial charge in [-0.2, -0.15) is 0 Å². The molecule has 2 atom stereocenters. The van der Waals surface area contributed by atoms with Crippen molar-refractivity contribution in [3.63, 3.8) is 0 Å². The summed E-state index contributed by atoms with van der Waals surface area (Å²) in [6.45, 7) is 4.25. The zero-order valence-corrected chi connectivity index (χ0v) is 32.3. The number of hydrogen-bond acceptors (Lipinski definition) is 3. The molecule has 0 aromatic heterocycles. The third kappa shape index (κ3) is 35.9. The Labute approximate surface area is 300 Å². The quantitative estimate of drug-likeness (QED) is 0.0451. The first kappa shape index (κ1) is 46.6. The van der Waals surface area contributed by atoms with Gasteiger partial charge in [-0.1, -0.05) is 204 Å². The molecule has 0 aromatic carbocycles. The zero-order chi connectivity index (χ0) is 35.0. The maximum Gasteiger partial charge on any atom is 0.220 e. The Bertz CT molecular complexity index is 731. The topological polar surface area (TPSA) is 69.6 Å². The second-order valence-electron chi connectivity index (χ2n) is 14.4. The van der Waals surface area contributed by atoms with Gasteiger partial charge in [-0.15, -0.1) is 0 Å². The summed E-state index contributed by atoms with van der Waals surface area (Å²) in [6, 6.07) is -0.639. The summed E-state index contributed by atoms with van der Waals surface area (Å²) in [4.78, 5) is 12.2. The number of hydrogen-bond donors (Lipinski definition) is 3. The molecule has 0 aliphatic heterocycles. The number of unbranched alkanes of at least 4 members (excludes halogenated alkanes) is 27. The van der Waals surface area contributed by atoms with Crippen LogP contribution in [0.3, 0.4) is 0 Å². The van der Waals surface area contributed by atoms with Crippen LogP contribution in [0.4, 0.5) is 0 Å². The van der Waals surface area contributed by atoms with Crippen molar-refractivity contribution in [3.8, 4) is 0 Å². The average Bonchev–Trinajstić information content (AvgIpc) is 3.09.